The predicted molar refractivity (Wildman–Crippen MR) is 123 cm³/mol. The van der Waals surface area contributed by atoms with Gasteiger partial charge < -0.3 is 15.4 Å². The minimum absolute atomic E-state index is 0. The number of halogens is 1. The van der Waals surface area contributed by atoms with Crippen molar-refractivity contribution in [2.24, 2.45) is 10.9 Å². The molecule has 0 spiro atoms. The zero-order valence-electron chi connectivity index (χ0n) is 16.2. The molecule has 1 unspecified atom stereocenters. The second-order valence-corrected chi connectivity index (χ2v) is 7.64. The van der Waals surface area contributed by atoms with E-state index >= 15 is 0 Å². The summed E-state index contributed by atoms with van der Waals surface area (Å²) < 4.78 is 5.36. The van der Waals surface area contributed by atoms with E-state index in [1.54, 1.807) is 0 Å². The molecule has 0 radical (unpaired) electrons. The Bertz CT molecular complexity index is 484. The second kappa shape index (κ2) is 14.6. The molecule has 1 fully saturated rings. The van der Waals surface area contributed by atoms with Gasteiger partial charge in [0.2, 0.25) is 0 Å². The van der Waals surface area contributed by atoms with Crippen molar-refractivity contribution < 1.29 is 4.74 Å². The molecule has 150 valence electrons. The normalized spacial score (nSPS) is 18.4. The van der Waals surface area contributed by atoms with Crippen molar-refractivity contribution in [3.63, 3.8) is 0 Å². The molecule has 1 aliphatic rings. The third-order valence-electron chi connectivity index (χ3n) is 4.56. The van der Waals surface area contributed by atoms with E-state index < -0.39 is 0 Å². The van der Waals surface area contributed by atoms with Crippen LogP contribution in [0.15, 0.2) is 22.5 Å². The molecule has 2 heterocycles. The summed E-state index contributed by atoms with van der Waals surface area (Å²) in [4.78, 5) is 8.40. The molecule has 0 saturated carbocycles. The highest BCUT2D eigenvalue weighted by Crippen LogP contribution is 2.19. The van der Waals surface area contributed by atoms with Gasteiger partial charge in [-0.2, -0.15) is 0 Å². The largest absolute Gasteiger partial charge is 0.382 e. The number of nitrogens with zero attached hydrogens (tertiary/aromatic N) is 2. The average molecular weight is 494 g/mol. The van der Waals surface area contributed by atoms with Crippen LogP contribution in [0.25, 0.3) is 0 Å². The van der Waals surface area contributed by atoms with Crippen molar-refractivity contribution in [3.05, 3.63) is 22.4 Å². The van der Waals surface area contributed by atoms with Crippen LogP contribution in [0.2, 0.25) is 0 Å². The fraction of sp³-hybridized carbons (Fsp3) is 0.737. The number of likely N-dealkylation sites (tertiary alicyclic amines) is 1. The van der Waals surface area contributed by atoms with E-state index in [0.717, 1.165) is 51.6 Å². The molecule has 26 heavy (non-hydrogen) atoms. The topological polar surface area (TPSA) is 48.9 Å². The number of unbranched alkanes of at least 4 members (excludes halogenated alkanes) is 1. The molecule has 1 aromatic rings. The van der Waals surface area contributed by atoms with Crippen LogP contribution >= 0.6 is 35.3 Å². The number of aliphatic imine (C=N–C) groups is 1. The first-order valence-electron chi connectivity index (χ1n) is 9.58. The van der Waals surface area contributed by atoms with E-state index in [1.165, 1.54) is 30.8 Å². The maximum absolute atomic E-state index is 5.36. The summed E-state index contributed by atoms with van der Waals surface area (Å²) >= 11 is 1.86. The quantitative estimate of drug-likeness (QED) is 0.226. The number of nitrogens with one attached hydrogen (secondary N) is 2. The molecule has 0 aromatic carbocycles. The van der Waals surface area contributed by atoms with Crippen LogP contribution in [0.1, 0.15) is 37.5 Å². The van der Waals surface area contributed by atoms with E-state index in [1.807, 2.05) is 25.3 Å². The highest BCUT2D eigenvalue weighted by molar-refractivity contribution is 14.0. The lowest BCUT2D eigenvalue weighted by Gasteiger charge is -2.32. The minimum Gasteiger partial charge on any atom is -0.382 e. The first-order chi connectivity index (χ1) is 12.3. The molecule has 1 saturated heterocycles. The molecule has 0 amide bonds. The van der Waals surface area contributed by atoms with Crippen LogP contribution in [-0.2, 0) is 11.3 Å². The van der Waals surface area contributed by atoms with E-state index in [-0.39, 0.29) is 24.0 Å². The van der Waals surface area contributed by atoms with E-state index in [4.69, 9.17) is 4.74 Å². The number of hydrogen-bond donors (Lipinski definition) is 2. The molecule has 7 heteroatoms. The number of thiophene rings is 1. The Balaban J connectivity index is 0.00000338. The molecular formula is C19H35IN4OS. The summed E-state index contributed by atoms with van der Waals surface area (Å²) in [6.45, 7) is 9.14. The Kier molecular flexibility index (Phi) is 13.3. The van der Waals surface area contributed by atoms with Gasteiger partial charge in [0.1, 0.15) is 0 Å². The fourth-order valence-corrected chi connectivity index (χ4v) is 3.97. The summed E-state index contributed by atoms with van der Waals surface area (Å²) in [6, 6.07) is 4.39. The smallest absolute Gasteiger partial charge is 0.190 e. The summed E-state index contributed by atoms with van der Waals surface area (Å²) in [5.74, 6) is 1.62. The van der Waals surface area contributed by atoms with Crippen LogP contribution in [0.3, 0.4) is 0 Å². The molecule has 0 bridgehead atoms. The predicted octanol–water partition coefficient (Wildman–Crippen LogP) is 3.56. The zero-order valence-corrected chi connectivity index (χ0v) is 19.4. The average Bonchev–Trinajstić information content (AvgIpc) is 3.14. The SMILES string of the molecule is CCOCCCCNC(=NC)NCC1CCCN(Cc2cccs2)C1.I. The van der Waals surface area contributed by atoms with Crippen LogP contribution < -0.4 is 10.6 Å². The van der Waals surface area contributed by atoms with Crippen molar-refractivity contribution in [1.82, 2.24) is 15.5 Å². The Labute approximate surface area is 180 Å². The van der Waals surface area contributed by atoms with Crippen molar-refractivity contribution in [3.8, 4) is 0 Å². The van der Waals surface area contributed by atoms with Crippen LogP contribution in [0, 0.1) is 5.92 Å². The Morgan fingerprint density at radius 3 is 3.00 bits per heavy atom. The maximum Gasteiger partial charge on any atom is 0.190 e. The van der Waals surface area contributed by atoms with Gasteiger partial charge in [0, 0.05) is 51.3 Å². The van der Waals surface area contributed by atoms with Gasteiger partial charge in [-0.25, -0.2) is 0 Å². The highest BCUT2D eigenvalue weighted by atomic mass is 127. The summed E-state index contributed by atoms with van der Waals surface area (Å²) in [7, 11) is 1.85. The van der Waals surface area contributed by atoms with E-state index in [0.29, 0.717) is 5.92 Å². The lowest BCUT2D eigenvalue weighted by atomic mass is 9.98. The molecule has 2 rings (SSSR count). The summed E-state index contributed by atoms with van der Waals surface area (Å²) in [5, 5.41) is 9.08. The van der Waals surface area contributed by atoms with E-state index in [2.05, 4.69) is 38.0 Å². The van der Waals surface area contributed by atoms with Gasteiger partial charge in [-0.3, -0.25) is 9.89 Å². The monoisotopic (exact) mass is 494 g/mol. The number of ether oxygens (including phenoxy) is 1. The molecule has 1 atom stereocenters. The minimum atomic E-state index is 0. The van der Waals surface area contributed by atoms with Crippen molar-refractivity contribution >= 4 is 41.3 Å². The Morgan fingerprint density at radius 2 is 2.27 bits per heavy atom. The molecule has 2 N–H and O–H groups in total. The van der Waals surface area contributed by atoms with Gasteiger partial charge >= 0.3 is 0 Å². The molecule has 1 aliphatic heterocycles. The van der Waals surface area contributed by atoms with Gasteiger partial charge in [0.25, 0.3) is 0 Å². The second-order valence-electron chi connectivity index (χ2n) is 6.61. The molecule has 5 nitrogen and oxygen atoms in total. The third kappa shape index (κ3) is 9.53. The van der Waals surface area contributed by atoms with Crippen molar-refractivity contribution in [2.45, 2.75) is 39.2 Å². The van der Waals surface area contributed by atoms with Crippen molar-refractivity contribution in [2.75, 3.05) is 46.4 Å². The number of hydrogen-bond acceptors (Lipinski definition) is 4. The van der Waals surface area contributed by atoms with Gasteiger partial charge in [-0.1, -0.05) is 6.07 Å². The Hall–Kier alpha value is -0.380. The standard InChI is InChI=1S/C19H34N4OS.HI/c1-3-24-12-5-4-10-21-19(20-2)22-14-17-8-6-11-23(15-17)16-18-9-7-13-25-18;/h7,9,13,17H,3-6,8,10-12,14-16H2,1-2H3,(H2,20,21,22);1H. The van der Waals surface area contributed by atoms with Crippen LogP contribution in [0.5, 0.6) is 0 Å². The first kappa shape index (κ1) is 23.7. The summed E-state index contributed by atoms with van der Waals surface area (Å²) in [5.41, 5.74) is 0. The number of piperidine rings is 1. The molecule has 0 aliphatic carbocycles. The zero-order chi connectivity index (χ0) is 17.7. The van der Waals surface area contributed by atoms with Crippen LogP contribution in [-0.4, -0.2) is 57.3 Å². The van der Waals surface area contributed by atoms with Gasteiger partial charge in [-0.15, -0.1) is 35.3 Å². The van der Waals surface area contributed by atoms with E-state index in [9.17, 15) is 0 Å². The van der Waals surface area contributed by atoms with Gasteiger partial charge in [-0.05, 0) is 56.5 Å². The van der Waals surface area contributed by atoms with Gasteiger partial charge in [0.05, 0.1) is 0 Å². The fourth-order valence-electron chi connectivity index (χ4n) is 3.23. The highest BCUT2D eigenvalue weighted by Gasteiger charge is 2.20. The first-order valence-corrected chi connectivity index (χ1v) is 10.5. The maximum atomic E-state index is 5.36. The molecule has 1 aromatic heterocycles. The third-order valence-corrected chi connectivity index (χ3v) is 5.42. The lowest BCUT2D eigenvalue weighted by molar-refractivity contribution is 0.143. The summed E-state index contributed by atoms with van der Waals surface area (Å²) in [6.07, 6.45) is 4.80. The number of rotatable bonds is 10. The lowest BCUT2D eigenvalue weighted by Crippen LogP contribution is -2.44. The van der Waals surface area contributed by atoms with Crippen LogP contribution in [0.4, 0.5) is 0 Å². The van der Waals surface area contributed by atoms with Gasteiger partial charge in [0.15, 0.2) is 5.96 Å². The number of guanidine groups is 1. The molecular weight excluding hydrogens is 459 g/mol. The van der Waals surface area contributed by atoms with Crippen molar-refractivity contribution in [1.29, 1.82) is 0 Å². The Morgan fingerprint density at radius 1 is 1.38 bits per heavy atom.